The fourth-order valence-electron chi connectivity index (χ4n) is 1.72. The zero-order valence-electron chi connectivity index (χ0n) is 11.3. The van der Waals surface area contributed by atoms with Gasteiger partial charge in [0.25, 0.3) is 0 Å². The van der Waals surface area contributed by atoms with Crippen LogP contribution in [0.1, 0.15) is 18.6 Å². The van der Waals surface area contributed by atoms with Crippen LogP contribution in [0.15, 0.2) is 48.7 Å². The fraction of sp³-hybridized carbons (Fsp3) is 0.214. The minimum absolute atomic E-state index is 0.192. The van der Waals surface area contributed by atoms with Gasteiger partial charge in [0.2, 0.25) is 10.0 Å². The van der Waals surface area contributed by atoms with Gasteiger partial charge in [0.05, 0.1) is 6.26 Å². The van der Waals surface area contributed by atoms with E-state index in [9.17, 15) is 8.42 Å². The highest BCUT2D eigenvalue weighted by Crippen LogP contribution is 2.27. The number of pyridine rings is 1. The minimum Gasteiger partial charge on any atom is -0.482 e. The number of nitrogens with one attached hydrogen (secondary N) is 1. The number of ether oxygens (including phenoxy) is 1. The van der Waals surface area contributed by atoms with Crippen molar-refractivity contribution in [3.8, 4) is 5.75 Å². The zero-order chi connectivity index (χ0) is 14.6. The smallest absolute Gasteiger partial charge is 0.231 e. The van der Waals surface area contributed by atoms with Crippen LogP contribution in [0.3, 0.4) is 0 Å². The largest absolute Gasteiger partial charge is 0.482 e. The molecule has 1 N–H and O–H groups in total. The molecule has 0 aliphatic rings. The Morgan fingerprint density at radius 2 is 1.85 bits per heavy atom. The maximum atomic E-state index is 11.3. The Balaban J connectivity index is 2.21. The molecule has 1 heterocycles. The topological polar surface area (TPSA) is 68.3 Å². The number of aromatic nitrogens is 1. The number of sulfonamides is 1. The second-order valence-electron chi connectivity index (χ2n) is 4.40. The second-order valence-corrected chi connectivity index (χ2v) is 6.14. The van der Waals surface area contributed by atoms with Gasteiger partial charge in [0.1, 0.15) is 6.10 Å². The Morgan fingerprint density at radius 1 is 1.15 bits per heavy atom. The van der Waals surface area contributed by atoms with Gasteiger partial charge in [0, 0.05) is 6.20 Å². The van der Waals surface area contributed by atoms with Crippen molar-refractivity contribution < 1.29 is 13.2 Å². The van der Waals surface area contributed by atoms with Gasteiger partial charge in [-0.2, -0.15) is 0 Å². The van der Waals surface area contributed by atoms with E-state index in [2.05, 4.69) is 9.71 Å². The van der Waals surface area contributed by atoms with Crippen molar-refractivity contribution in [2.75, 3.05) is 11.0 Å². The zero-order valence-corrected chi connectivity index (χ0v) is 12.1. The van der Waals surface area contributed by atoms with Crippen LogP contribution in [-0.4, -0.2) is 19.7 Å². The van der Waals surface area contributed by atoms with E-state index in [-0.39, 0.29) is 11.9 Å². The van der Waals surface area contributed by atoms with Crippen molar-refractivity contribution in [3.63, 3.8) is 0 Å². The second kappa shape index (κ2) is 5.92. The molecule has 0 aliphatic heterocycles. The van der Waals surface area contributed by atoms with Crippen LogP contribution in [0.25, 0.3) is 0 Å². The first-order valence-corrected chi connectivity index (χ1v) is 7.99. The summed E-state index contributed by atoms with van der Waals surface area (Å²) in [6.07, 6.45) is 2.38. The van der Waals surface area contributed by atoms with Crippen LogP contribution in [-0.2, 0) is 10.0 Å². The molecule has 0 radical (unpaired) electrons. The lowest BCUT2D eigenvalue weighted by Gasteiger charge is -2.17. The summed E-state index contributed by atoms with van der Waals surface area (Å²) >= 11 is 0. The molecule has 1 aromatic carbocycles. The molecule has 0 bridgehead atoms. The number of benzene rings is 1. The fourth-order valence-corrected chi connectivity index (χ4v) is 2.22. The van der Waals surface area contributed by atoms with Crippen LogP contribution in [0.5, 0.6) is 5.75 Å². The van der Waals surface area contributed by atoms with Crippen LogP contribution in [0.4, 0.5) is 5.82 Å². The maximum Gasteiger partial charge on any atom is 0.231 e. The SMILES string of the molecule is CC(Oc1cccnc1NS(C)(=O)=O)c1ccccc1. The molecular weight excluding hydrogens is 276 g/mol. The summed E-state index contributed by atoms with van der Waals surface area (Å²) in [6.45, 7) is 1.90. The standard InChI is InChI=1S/C14H16N2O3S/c1-11(12-7-4-3-5-8-12)19-13-9-6-10-15-14(13)16-20(2,17)18/h3-11H,1-2H3,(H,15,16). The average Bonchev–Trinajstić information content (AvgIpc) is 2.40. The van der Waals surface area contributed by atoms with Crippen molar-refractivity contribution >= 4 is 15.8 Å². The Kier molecular flexibility index (Phi) is 4.24. The van der Waals surface area contributed by atoms with E-state index in [0.717, 1.165) is 11.8 Å². The third kappa shape index (κ3) is 3.96. The molecule has 1 unspecified atom stereocenters. The minimum atomic E-state index is -3.39. The van der Waals surface area contributed by atoms with E-state index in [4.69, 9.17) is 4.74 Å². The predicted octanol–water partition coefficient (Wildman–Crippen LogP) is 2.59. The molecule has 2 aromatic rings. The molecule has 0 fully saturated rings. The molecule has 0 amide bonds. The summed E-state index contributed by atoms with van der Waals surface area (Å²) in [5.74, 6) is 0.590. The van der Waals surface area contributed by atoms with E-state index in [1.54, 1.807) is 12.1 Å². The van der Waals surface area contributed by atoms with E-state index < -0.39 is 10.0 Å². The number of rotatable bonds is 5. The first kappa shape index (κ1) is 14.3. The lowest BCUT2D eigenvalue weighted by molar-refractivity contribution is 0.227. The quantitative estimate of drug-likeness (QED) is 0.919. The summed E-state index contributed by atoms with van der Waals surface area (Å²) in [5.41, 5.74) is 1.00. The van der Waals surface area contributed by atoms with Crippen molar-refractivity contribution in [2.45, 2.75) is 13.0 Å². The molecule has 5 nitrogen and oxygen atoms in total. The van der Waals surface area contributed by atoms with Crippen molar-refractivity contribution in [1.82, 2.24) is 4.98 Å². The highest BCUT2D eigenvalue weighted by Gasteiger charge is 2.13. The molecule has 106 valence electrons. The predicted molar refractivity (Wildman–Crippen MR) is 78.2 cm³/mol. The van der Waals surface area contributed by atoms with Gasteiger partial charge in [0.15, 0.2) is 11.6 Å². The Morgan fingerprint density at radius 3 is 2.50 bits per heavy atom. The molecule has 20 heavy (non-hydrogen) atoms. The van der Waals surface area contributed by atoms with Gasteiger partial charge >= 0.3 is 0 Å². The van der Waals surface area contributed by atoms with Gasteiger partial charge in [-0.25, -0.2) is 13.4 Å². The van der Waals surface area contributed by atoms with Crippen molar-refractivity contribution in [3.05, 3.63) is 54.2 Å². The molecule has 1 aromatic heterocycles. The van der Waals surface area contributed by atoms with Crippen LogP contribution in [0, 0.1) is 0 Å². The highest BCUT2D eigenvalue weighted by atomic mass is 32.2. The van der Waals surface area contributed by atoms with Crippen LogP contribution >= 0.6 is 0 Å². The van der Waals surface area contributed by atoms with Gasteiger partial charge in [-0.05, 0) is 24.6 Å². The normalized spacial score (nSPS) is 12.7. The van der Waals surface area contributed by atoms with E-state index >= 15 is 0 Å². The van der Waals surface area contributed by atoms with Gasteiger partial charge in [-0.3, -0.25) is 4.72 Å². The molecular formula is C14H16N2O3S. The average molecular weight is 292 g/mol. The molecule has 0 aliphatic carbocycles. The van der Waals surface area contributed by atoms with E-state index in [1.807, 2.05) is 37.3 Å². The Labute approximate surface area is 118 Å². The summed E-state index contributed by atoms with van der Waals surface area (Å²) in [5, 5.41) is 0. The Hall–Kier alpha value is -2.08. The van der Waals surface area contributed by atoms with Crippen molar-refractivity contribution in [2.24, 2.45) is 0 Å². The summed E-state index contributed by atoms with van der Waals surface area (Å²) in [4.78, 5) is 4.00. The Bertz CT molecular complexity index is 672. The summed E-state index contributed by atoms with van der Waals surface area (Å²) < 4.78 is 30.7. The number of hydrogen-bond acceptors (Lipinski definition) is 4. The molecule has 0 saturated carbocycles. The van der Waals surface area contributed by atoms with Gasteiger partial charge in [-0.1, -0.05) is 30.3 Å². The lowest BCUT2D eigenvalue weighted by atomic mass is 10.1. The first-order valence-electron chi connectivity index (χ1n) is 6.10. The molecule has 0 spiro atoms. The maximum absolute atomic E-state index is 11.3. The number of nitrogens with zero attached hydrogens (tertiary/aromatic N) is 1. The third-order valence-corrected chi connectivity index (χ3v) is 3.19. The van der Waals surface area contributed by atoms with E-state index in [0.29, 0.717) is 5.75 Å². The van der Waals surface area contributed by atoms with E-state index in [1.165, 1.54) is 6.20 Å². The van der Waals surface area contributed by atoms with Crippen LogP contribution in [0.2, 0.25) is 0 Å². The van der Waals surface area contributed by atoms with Gasteiger partial charge < -0.3 is 4.74 Å². The summed E-state index contributed by atoms with van der Waals surface area (Å²) in [6, 6.07) is 13.1. The molecule has 6 heteroatoms. The highest BCUT2D eigenvalue weighted by molar-refractivity contribution is 7.92. The molecule has 0 saturated heterocycles. The molecule has 2 rings (SSSR count). The number of hydrogen-bond donors (Lipinski definition) is 1. The first-order chi connectivity index (χ1) is 9.46. The van der Waals surface area contributed by atoms with Crippen molar-refractivity contribution in [1.29, 1.82) is 0 Å². The third-order valence-electron chi connectivity index (χ3n) is 2.63. The van der Waals surface area contributed by atoms with Crippen LogP contribution < -0.4 is 9.46 Å². The monoisotopic (exact) mass is 292 g/mol. The number of anilines is 1. The lowest BCUT2D eigenvalue weighted by Crippen LogP contribution is -2.13. The molecule has 1 atom stereocenters. The summed E-state index contributed by atoms with van der Waals surface area (Å²) in [7, 11) is -3.39. The van der Waals surface area contributed by atoms with Gasteiger partial charge in [-0.15, -0.1) is 0 Å².